The molecule has 0 aliphatic heterocycles. The van der Waals surface area contributed by atoms with Crippen LogP contribution in [-0.2, 0) is 20.5 Å². The molecule has 1 aromatic rings. The molecule has 114 valence electrons. The number of hydrogen-bond donors (Lipinski definition) is 4. The molecule has 10 heteroatoms. The van der Waals surface area contributed by atoms with Crippen molar-refractivity contribution in [3.05, 3.63) is 35.9 Å². The normalized spacial score (nSPS) is 12.3. The molecule has 9 nitrogen and oxygen atoms in total. The maximum atomic E-state index is 11.6. The first kappa shape index (κ1) is 16.8. The standard InChI is InChI=1S/C11H13N2O7P/c12-10(15)20-9(14)8(13-11(16)21(17,18)19)6-7-4-2-1-3-5-7/h1-5,8H,6H2,(H2,12,15)(H,13,16)(H2,17,18,19)/t8-/m0/s1. The van der Waals surface area contributed by atoms with Crippen LogP contribution in [0.4, 0.5) is 9.59 Å². The SMILES string of the molecule is NC(=O)OC(=O)[C@H](Cc1ccccc1)NC(=O)P(=O)(O)O. The molecule has 0 aliphatic rings. The second-order valence-corrected chi connectivity index (χ2v) is 5.47. The van der Waals surface area contributed by atoms with Crippen LogP contribution < -0.4 is 11.1 Å². The Hall–Kier alpha value is -2.22. The van der Waals surface area contributed by atoms with Crippen LogP contribution in [0.15, 0.2) is 30.3 Å². The van der Waals surface area contributed by atoms with E-state index in [1.165, 1.54) is 0 Å². The molecule has 1 rings (SSSR count). The Labute approximate surface area is 119 Å². The number of benzene rings is 1. The van der Waals surface area contributed by atoms with Crippen molar-refractivity contribution in [1.29, 1.82) is 0 Å². The van der Waals surface area contributed by atoms with Crippen LogP contribution in [0.3, 0.4) is 0 Å². The third-order valence-electron chi connectivity index (χ3n) is 2.33. The fourth-order valence-electron chi connectivity index (χ4n) is 1.45. The van der Waals surface area contributed by atoms with Gasteiger partial charge in [-0.1, -0.05) is 30.3 Å². The van der Waals surface area contributed by atoms with Gasteiger partial charge in [0.25, 0.3) is 0 Å². The molecular formula is C11H13N2O7P. The fourth-order valence-corrected chi connectivity index (χ4v) is 1.77. The van der Waals surface area contributed by atoms with Gasteiger partial charge in [0.15, 0.2) is 0 Å². The van der Waals surface area contributed by atoms with Crippen molar-refractivity contribution in [1.82, 2.24) is 5.32 Å². The van der Waals surface area contributed by atoms with Gasteiger partial charge in [-0.25, -0.2) is 14.2 Å². The first-order valence-electron chi connectivity index (χ1n) is 5.62. The zero-order chi connectivity index (χ0) is 16.0. The molecule has 0 aromatic heterocycles. The average Bonchev–Trinajstić information content (AvgIpc) is 2.37. The molecule has 21 heavy (non-hydrogen) atoms. The quantitative estimate of drug-likeness (QED) is 0.341. The largest absolute Gasteiger partial charge is 0.413 e. The Balaban J connectivity index is 2.89. The van der Waals surface area contributed by atoms with E-state index in [0.29, 0.717) is 5.56 Å². The van der Waals surface area contributed by atoms with Crippen molar-refractivity contribution in [3.8, 4) is 0 Å². The second-order valence-electron chi connectivity index (χ2n) is 3.98. The maximum absolute atomic E-state index is 11.6. The van der Waals surface area contributed by atoms with E-state index in [9.17, 15) is 18.9 Å². The van der Waals surface area contributed by atoms with Crippen LogP contribution in [0.25, 0.3) is 0 Å². The predicted octanol–water partition coefficient (Wildman–Crippen LogP) is 0.107. The van der Waals surface area contributed by atoms with Gasteiger partial charge in [0.05, 0.1) is 0 Å². The van der Waals surface area contributed by atoms with E-state index in [-0.39, 0.29) is 6.42 Å². The van der Waals surface area contributed by atoms with Gasteiger partial charge < -0.3 is 25.6 Å². The lowest BCUT2D eigenvalue weighted by atomic mass is 10.1. The summed E-state index contributed by atoms with van der Waals surface area (Å²) in [5, 5.41) is 1.83. The van der Waals surface area contributed by atoms with E-state index in [0.717, 1.165) is 0 Å². The van der Waals surface area contributed by atoms with Crippen molar-refractivity contribution in [2.75, 3.05) is 0 Å². The predicted molar refractivity (Wildman–Crippen MR) is 70.2 cm³/mol. The van der Waals surface area contributed by atoms with Gasteiger partial charge in [0.1, 0.15) is 6.04 Å². The van der Waals surface area contributed by atoms with Gasteiger partial charge in [0.2, 0.25) is 0 Å². The minimum atomic E-state index is -5.06. The monoisotopic (exact) mass is 316 g/mol. The Bertz CT molecular complexity index is 583. The molecule has 1 aromatic carbocycles. The van der Waals surface area contributed by atoms with E-state index in [1.54, 1.807) is 30.3 Å². The zero-order valence-electron chi connectivity index (χ0n) is 10.6. The fraction of sp³-hybridized carbons (Fsp3) is 0.182. The van der Waals surface area contributed by atoms with Crippen molar-refractivity contribution in [3.63, 3.8) is 0 Å². The summed E-state index contributed by atoms with van der Waals surface area (Å²) >= 11 is 0. The van der Waals surface area contributed by atoms with Crippen LogP contribution in [0.1, 0.15) is 5.56 Å². The van der Waals surface area contributed by atoms with Crippen molar-refractivity contribution >= 4 is 25.3 Å². The molecule has 0 heterocycles. The van der Waals surface area contributed by atoms with Gasteiger partial charge >= 0.3 is 25.3 Å². The first-order chi connectivity index (χ1) is 9.70. The number of carbonyl (C=O) groups excluding carboxylic acids is 3. The summed E-state index contributed by atoms with van der Waals surface area (Å²) in [7, 11) is -5.06. The van der Waals surface area contributed by atoms with Gasteiger partial charge in [-0.3, -0.25) is 4.79 Å². The third kappa shape index (κ3) is 5.74. The van der Waals surface area contributed by atoms with Crippen molar-refractivity contribution in [2.24, 2.45) is 5.73 Å². The lowest BCUT2D eigenvalue weighted by Gasteiger charge is -2.16. The van der Waals surface area contributed by atoms with E-state index < -0.39 is 31.3 Å². The number of esters is 1. The van der Waals surface area contributed by atoms with Crippen molar-refractivity contribution < 1.29 is 33.5 Å². The minimum Gasteiger partial charge on any atom is -0.375 e. The topological polar surface area (TPSA) is 156 Å². The molecule has 1 atom stereocenters. The molecule has 0 saturated carbocycles. The average molecular weight is 316 g/mol. The summed E-state index contributed by atoms with van der Waals surface area (Å²) in [6.07, 6.45) is -1.51. The molecule has 2 amide bonds. The van der Waals surface area contributed by atoms with E-state index in [2.05, 4.69) is 4.74 Å². The highest BCUT2D eigenvalue weighted by Crippen LogP contribution is 2.35. The minimum absolute atomic E-state index is 0.126. The first-order valence-corrected chi connectivity index (χ1v) is 7.23. The summed E-state index contributed by atoms with van der Waals surface area (Å²) < 4.78 is 14.9. The molecular weight excluding hydrogens is 303 g/mol. The molecule has 0 aliphatic carbocycles. The van der Waals surface area contributed by atoms with Gasteiger partial charge in [-0.15, -0.1) is 0 Å². The van der Waals surface area contributed by atoms with Gasteiger partial charge in [0, 0.05) is 6.42 Å². The van der Waals surface area contributed by atoms with Crippen LogP contribution in [-0.4, -0.2) is 33.5 Å². The van der Waals surface area contributed by atoms with Crippen LogP contribution in [0, 0.1) is 0 Å². The highest BCUT2D eigenvalue weighted by atomic mass is 31.2. The Kier molecular flexibility index (Phi) is 5.60. The number of nitrogens with one attached hydrogen (secondary N) is 1. The number of carbonyl (C=O) groups is 3. The molecule has 0 spiro atoms. The highest BCUT2D eigenvalue weighted by Gasteiger charge is 2.32. The van der Waals surface area contributed by atoms with Crippen LogP contribution >= 0.6 is 7.60 Å². The molecule has 0 radical (unpaired) electrons. The Morgan fingerprint density at radius 3 is 2.29 bits per heavy atom. The molecule has 0 unspecified atom stereocenters. The summed E-state index contributed by atoms with van der Waals surface area (Å²) in [5.74, 6) is -1.21. The van der Waals surface area contributed by atoms with E-state index in [1.807, 2.05) is 5.32 Å². The van der Waals surface area contributed by atoms with Crippen LogP contribution in [0.5, 0.6) is 0 Å². The lowest BCUT2D eigenvalue weighted by molar-refractivity contribution is -0.139. The van der Waals surface area contributed by atoms with E-state index >= 15 is 0 Å². The summed E-state index contributed by atoms with van der Waals surface area (Å²) in [4.78, 5) is 50.9. The summed E-state index contributed by atoms with van der Waals surface area (Å²) in [6.45, 7) is 0. The summed E-state index contributed by atoms with van der Waals surface area (Å²) in [5.41, 5.74) is 3.62. The molecule has 5 N–H and O–H groups in total. The molecule has 0 fully saturated rings. The number of amides is 2. The number of hydrogen-bond acceptors (Lipinski definition) is 5. The number of nitrogens with two attached hydrogens (primary N) is 1. The Morgan fingerprint density at radius 1 is 1.24 bits per heavy atom. The van der Waals surface area contributed by atoms with Gasteiger partial charge in [-0.2, -0.15) is 0 Å². The number of rotatable bonds is 5. The zero-order valence-corrected chi connectivity index (χ0v) is 11.5. The highest BCUT2D eigenvalue weighted by molar-refractivity contribution is 7.69. The summed E-state index contributed by atoms with van der Waals surface area (Å²) in [6, 6.07) is 6.82. The van der Waals surface area contributed by atoms with Gasteiger partial charge in [-0.05, 0) is 5.56 Å². The number of ether oxygens (including phenoxy) is 1. The second kappa shape index (κ2) is 6.98. The third-order valence-corrected chi connectivity index (χ3v) is 2.99. The molecule has 0 bridgehead atoms. The smallest absolute Gasteiger partial charge is 0.375 e. The lowest BCUT2D eigenvalue weighted by Crippen LogP contribution is -2.43. The number of primary amides is 1. The maximum Gasteiger partial charge on any atom is 0.413 e. The Morgan fingerprint density at radius 2 is 1.81 bits per heavy atom. The van der Waals surface area contributed by atoms with Crippen LogP contribution in [0.2, 0.25) is 0 Å². The van der Waals surface area contributed by atoms with Crippen molar-refractivity contribution in [2.45, 2.75) is 12.5 Å². The molecule has 0 saturated heterocycles. The van der Waals surface area contributed by atoms with E-state index in [4.69, 9.17) is 15.5 Å².